The van der Waals surface area contributed by atoms with Crippen LogP contribution < -0.4 is 0 Å². The van der Waals surface area contributed by atoms with E-state index in [-0.39, 0.29) is 33.2 Å². The number of aliphatic hydroxyl groups is 1. The number of hydrogen-bond acceptors (Lipinski definition) is 3. The summed E-state index contributed by atoms with van der Waals surface area (Å²) in [5.74, 6) is -1.13. The zero-order valence-electron chi connectivity index (χ0n) is 21.4. The van der Waals surface area contributed by atoms with Gasteiger partial charge in [-0.25, -0.2) is 0 Å². The van der Waals surface area contributed by atoms with Crippen LogP contribution in [0.4, 0.5) is 0 Å². The quantitative estimate of drug-likeness (QED) is 0.477. The van der Waals surface area contributed by atoms with Gasteiger partial charge in [-0.15, -0.1) is 0 Å². The van der Waals surface area contributed by atoms with E-state index in [4.69, 9.17) is 0 Å². The molecule has 4 atom stereocenters. The Bertz CT molecular complexity index is 1050. The van der Waals surface area contributed by atoms with E-state index in [0.717, 1.165) is 49.7 Å². The number of aliphatic hydroxyl groups excluding tert-OH is 1. The molecule has 2 N–H and O–H groups in total. The van der Waals surface area contributed by atoms with Gasteiger partial charge in [0.2, 0.25) is 5.78 Å². The number of carbonyl (C=O) groups is 2. The van der Waals surface area contributed by atoms with E-state index >= 15 is 0 Å². The molecule has 0 radical (unpaired) electrons. The standard InChI is InChI=1S/C29H40O4/c1-18-19-8-9-22-28(6,20(19)16-21(30)23(18)31)14-13-27(5)17-26(4,12-15-29(22,27)7)11-10-25(2,3)24(32)33/h8-9,16,31H,10-15,17H2,1-7H3,(H,32,33)/t26-,27+,28+,29-/m1/s1. The van der Waals surface area contributed by atoms with Crippen LogP contribution in [0.5, 0.6) is 0 Å². The molecule has 2 fully saturated rings. The average molecular weight is 453 g/mol. The maximum absolute atomic E-state index is 12.5. The van der Waals surface area contributed by atoms with E-state index in [9.17, 15) is 19.8 Å². The van der Waals surface area contributed by atoms with Gasteiger partial charge in [-0.2, -0.15) is 0 Å². The predicted molar refractivity (Wildman–Crippen MR) is 131 cm³/mol. The molecule has 4 rings (SSSR count). The van der Waals surface area contributed by atoms with E-state index in [1.54, 1.807) is 6.08 Å². The maximum atomic E-state index is 12.5. The van der Waals surface area contributed by atoms with Crippen molar-refractivity contribution in [2.75, 3.05) is 0 Å². The van der Waals surface area contributed by atoms with Gasteiger partial charge in [-0.1, -0.05) is 45.4 Å². The fourth-order valence-electron chi connectivity index (χ4n) is 7.38. The normalized spacial score (nSPS) is 38.5. The highest BCUT2D eigenvalue weighted by atomic mass is 16.4. The molecule has 0 aliphatic heterocycles. The van der Waals surface area contributed by atoms with Gasteiger partial charge in [0.1, 0.15) is 0 Å². The summed E-state index contributed by atoms with van der Waals surface area (Å²) in [6.45, 7) is 15.0. The Morgan fingerprint density at radius 3 is 2.36 bits per heavy atom. The lowest BCUT2D eigenvalue weighted by Gasteiger charge is -2.64. The zero-order chi connectivity index (χ0) is 24.6. The summed E-state index contributed by atoms with van der Waals surface area (Å²) in [5.41, 5.74) is 3.56. The highest BCUT2D eigenvalue weighted by Crippen LogP contribution is 2.71. The Morgan fingerprint density at radius 1 is 1.06 bits per heavy atom. The number of hydrogen-bond donors (Lipinski definition) is 2. The number of ketones is 1. The molecule has 0 bridgehead atoms. The Labute approximate surface area is 198 Å². The molecule has 33 heavy (non-hydrogen) atoms. The van der Waals surface area contributed by atoms with Gasteiger partial charge in [0.05, 0.1) is 5.41 Å². The Kier molecular flexibility index (Phi) is 5.24. The summed E-state index contributed by atoms with van der Waals surface area (Å²) in [6.07, 6.45) is 13.0. The lowest BCUT2D eigenvalue weighted by molar-refractivity contribution is -0.148. The molecular formula is C29H40O4. The molecule has 180 valence electrons. The van der Waals surface area contributed by atoms with Gasteiger partial charge >= 0.3 is 5.97 Å². The number of rotatable bonds is 4. The summed E-state index contributed by atoms with van der Waals surface area (Å²) in [7, 11) is 0. The van der Waals surface area contributed by atoms with Crippen molar-refractivity contribution in [3.05, 3.63) is 46.3 Å². The van der Waals surface area contributed by atoms with Crippen molar-refractivity contribution >= 4 is 11.8 Å². The Morgan fingerprint density at radius 2 is 1.73 bits per heavy atom. The molecule has 4 aliphatic rings. The van der Waals surface area contributed by atoms with E-state index in [1.807, 2.05) is 20.8 Å². The first-order valence-electron chi connectivity index (χ1n) is 12.4. The number of carbonyl (C=O) groups excluding carboxylic acids is 1. The fraction of sp³-hybridized carbons (Fsp3) is 0.655. The van der Waals surface area contributed by atoms with E-state index in [1.165, 1.54) is 5.57 Å². The lowest BCUT2D eigenvalue weighted by atomic mass is 9.39. The van der Waals surface area contributed by atoms with Crippen LogP contribution in [0, 0.1) is 27.1 Å². The summed E-state index contributed by atoms with van der Waals surface area (Å²) < 4.78 is 0. The molecule has 2 saturated carbocycles. The average Bonchev–Trinajstić information content (AvgIpc) is 2.73. The first kappa shape index (κ1) is 24.0. The number of carboxylic acids is 1. The third-order valence-corrected chi connectivity index (χ3v) is 10.2. The number of allylic oxidation sites excluding steroid dienone is 7. The second-order valence-corrected chi connectivity index (χ2v) is 13.0. The van der Waals surface area contributed by atoms with Crippen molar-refractivity contribution in [2.24, 2.45) is 27.1 Å². The van der Waals surface area contributed by atoms with Crippen molar-refractivity contribution < 1.29 is 19.8 Å². The third kappa shape index (κ3) is 3.39. The molecule has 4 heteroatoms. The van der Waals surface area contributed by atoms with Crippen molar-refractivity contribution in [2.45, 2.75) is 93.4 Å². The molecule has 0 aromatic carbocycles. The van der Waals surface area contributed by atoms with Crippen LogP contribution in [-0.4, -0.2) is 22.0 Å². The summed E-state index contributed by atoms with van der Waals surface area (Å²) >= 11 is 0. The minimum absolute atomic E-state index is 0.0187. The van der Waals surface area contributed by atoms with Crippen molar-refractivity contribution in [1.29, 1.82) is 0 Å². The van der Waals surface area contributed by atoms with Gasteiger partial charge in [0, 0.05) is 11.0 Å². The first-order chi connectivity index (χ1) is 15.1. The maximum Gasteiger partial charge on any atom is 0.309 e. The Balaban J connectivity index is 1.68. The first-order valence-corrected chi connectivity index (χ1v) is 12.4. The van der Waals surface area contributed by atoms with Gasteiger partial charge < -0.3 is 10.2 Å². The molecule has 0 saturated heterocycles. The van der Waals surface area contributed by atoms with Crippen LogP contribution in [0.25, 0.3) is 0 Å². The van der Waals surface area contributed by atoms with Crippen LogP contribution >= 0.6 is 0 Å². The lowest BCUT2D eigenvalue weighted by Crippen LogP contribution is -2.55. The summed E-state index contributed by atoms with van der Waals surface area (Å²) in [4.78, 5) is 24.2. The minimum atomic E-state index is -0.716. The minimum Gasteiger partial charge on any atom is -0.504 e. The van der Waals surface area contributed by atoms with E-state index in [2.05, 4.69) is 39.8 Å². The topological polar surface area (TPSA) is 74.6 Å². The van der Waals surface area contributed by atoms with Crippen molar-refractivity contribution in [3.63, 3.8) is 0 Å². The number of fused-ring (bicyclic) bond motifs is 5. The molecule has 4 nitrogen and oxygen atoms in total. The summed E-state index contributed by atoms with van der Waals surface area (Å²) in [6, 6.07) is 0. The third-order valence-electron chi connectivity index (χ3n) is 10.2. The van der Waals surface area contributed by atoms with Crippen LogP contribution in [0.1, 0.15) is 93.4 Å². The van der Waals surface area contributed by atoms with Crippen molar-refractivity contribution in [3.8, 4) is 0 Å². The molecule has 0 aromatic rings. The van der Waals surface area contributed by atoms with Crippen LogP contribution in [0.2, 0.25) is 0 Å². The molecular weight excluding hydrogens is 412 g/mol. The number of carboxylic acid groups (broad SMARTS) is 1. The van der Waals surface area contributed by atoms with E-state index in [0.29, 0.717) is 12.0 Å². The van der Waals surface area contributed by atoms with Gasteiger partial charge in [0.25, 0.3) is 0 Å². The molecule has 0 heterocycles. The molecule has 0 unspecified atom stereocenters. The zero-order valence-corrected chi connectivity index (χ0v) is 21.4. The Hall–Kier alpha value is -2.10. The predicted octanol–water partition coefficient (Wildman–Crippen LogP) is 7.09. The molecule has 0 aromatic heterocycles. The summed E-state index contributed by atoms with van der Waals surface area (Å²) in [5, 5.41) is 19.8. The SMILES string of the molecule is CC1=C(O)C(=O)C=C2C1=CC=C1[C@@]2(C)CC[C@@]2(C)C[C@](C)(CCC(C)(C)C(=O)O)CC[C@]12C. The highest BCUT2D eigenvalue weighted by molar-refractivity contribution is 6.06. The number of aliphatic carboxylic acids is 1. The van der Waals surface area contributed by atoms with Gasteiger partial charge in [-0.05, 0) is 99.2 Å². The molecule has 0 amide bonds. The van der Waals surface area contributed by atoms with Crippen molar-refractivity contribution in [1.82, 2.24) is 0 Å². The van der Waals surface area contributed by atoms with Gasteiger partial charge in [-0.3, -0.25) is 9.59 Å². The smallest absolute Gasteiger partial charge is 0.309 e. The highest BCUT2D eigenvalue weighted by Gasteiger charge is 2.61. The van der Waals surface area contributed by atoms with Crippen LogP contribution in [-0.2, 0) is 9.59 Å². The molecule has 4 aliphatic carbocycles. The fourth-order valence-corrected chi connectivity index (χ4v) is 7.38. The largest absolute Gasteiger partial charge is 0.504 e. The molecule has 0 spiro atoms. The van der Waals surface area contributed by atoms with Crippen LogP contribution in [0.3, 0.4) is 0 Å². The van der Waals surface area contributed by atoms with E-state index < -0.39 is 11.4 Å². The monoisotopic (exact) mass is 452 g/mol. The van der Waals surface area contributed by atoms with Gasteiger partial charge in [0.15, 0.2) is 5.76 Å². The van der Waals surface area contributed by atoms with Crippen LogP contribution in [0.15, 0.2) is 46.3 Å². The second-order valence-electron chi connectivity index (χ2n) is 13.0. The second kappa shape index (κ2) is 7.20.